The van der Waals surface area contributed by atoms with Crippen molar-refractivity contribution in [3.05, 3.63) is 70.5 Å². The summed E-state index contributed by atoms with van der Waals surface area (Å²) >= 11 is 3.22. The summed E-state index contributed by atoms with van der Waals surface area (Å²) in [6.45, 7) is 0. The summed E-state index contributed by atoms with van der Waals surface area (Å²) in [5.74, 6) is -0.240. The molecule has 11 heteroatoms. The number of fused-ring (bicyclic) bond motifs is 1. The molecule has 156 valence electrons. The second kappa shape index (κ2) is 6.86. The van der Waals surface area contributed by atoms with Crippen molar-refractivity contribution in [1.29, 1.82) is 0 Å². The summed E-state index contributed by atoms with van der Waals surface area (Å²) in [5, 5.41) is 4.98. The molecule has 2 N–H and O–H groups in total. The van der Waals surface area contributed by atoms with Crippen LogP contribution >= 0.6 is 15.9 Å². The van der Waals surface area contributed by atoms with Crippen molar-refractivity contribution in [2.45, 2.75) is 18.0 Å². The SMILES string of the molecule is FC(F)(F)c1ccnc(-c2ccc(C3(C(F)(F)F)Nc4cccc(Br)c4N3)cc2)n1. The third-order valence-electron chi connectivity index (χ3n) is 4.60. The highest BCUT2D eigenvalue weighted by molar-refractivity contribution is 9.10. The molecular formula is C19H11BrF6N4. The maximum atomic E-state index is 14.1. The number of halogens is 7. The van der Waals surface area contributed by atoms with Gasteiger partial charge >= 0.3 is 12.4 Å². The molecule has 0 saturated heterocycles. The molecule has 0 radical (unpaired) electrons. The third kappa shape index (κ3) is 3.36. The van der Waals surface area contributed by atoms with Gasteiger partial charge in [-0.25, -0.2) is 9.97 Å². The largest absolute Gasteiger partial charge is 0.434 e. The van der Waals surface area contributed by atoms with Gasteiger partial charge in [0.2, 0.25) is 5.66 Å². The van der Waals surface area contributed by atoms with Gasteiger partial charge in [0.15, 0.2) is 5.82 Å². The second-order valence-corrected chi connectivity index (χ2v) is 7.36. The lowest BCUT2D eigenvalue weighted by Gasteiger charge is -2.33. The third-order valence-corrected chi connectivity index (χ3v) is 5.26. The number of alkyl halides is 6. The van der Waals surface area contributed by atoms with E-state index in [0.29, 0.717) is 4.47 Å². The minimum Gasteiger partial charge on any atom is -0.350 e. The maximum Gasteiger partial charge on any atom is 0.434 e. The van der Waals surface area contributed by atoms with Crippen molar-refractivity contribution in [2.24, 2.45) is 0 Å². The van der Waals surface area contributed by atoms with Gasteiger partial charge in [-0.3, -0.25) is 0 Å². The molecule has 1 atom stereocenters. The molecule has 1 aromatic heterocycles. The molecule has 4 nitrogen and oxygen atoms in total. The predicted octanol–water partition coefficient (Wildman–Crippen LogP) is 6.18. The van der Waals surface area contributed by atoms with E-state index in [-0.39, 0.29) is 28.3 Å². The van der Waals surface area contributed by atoms with E-state index in [1.165, 1.54) is 30.3 Å². The van der Waals surface area contributed by atoms with Crippen LogP contribution in [0.1, 0.15) is 11.3 Å². The number of nitrogens with zero attached hydrogens (tertiary/aromatic N) is 2. The van der Waals surface area contributed by atoms with E-state index < -0.39 is 23.7 Å². The van der Waals surface area contributed by atoms with E-state index in [1.807, 2.05) is 0 Å². The van der Waals surface area contributed by atoms with Crippen molar-refractivity contribution in [3.63, 3.8) is 0 Å². The number of hydrogen-bond acceptors (Lipinski definition) is 4. The molecule has 3 aromatic rings. The molecule has 30 heavy (non-hydrogen) atoms. The number of nitrogens with one attached hydrogen (secondary N) is 2. The molecule has 4 rings (SSSR count). The van der Waals surface area contributed by atoms with E-state index in [0.717, 1.165) is 12.3 Å². The number of rotatable bonds is 2. The van der Waals surface area contributed by atoms with Gasteiger partial charge in [-0.1, -0.05) is 30.3 Å². The van der Waals surface area contributed by atoms with Gasteiger partial charge in [-0.05, 0) is 34.1 Å². The van der Waals surface area contributed by atoms with Gasteiger partial charge in [0.25, 0.3) is 0 Å². The molecule has 0 spiro atoms. The second-order valence-electron chi connectivity index (χ2n) is 6.50. The van der Waals surface area contributed by atoms with Gasteiger partial charge in [0.05, 0.1) is 11.4 Å². The standard InChI is InChI=1S/C19H11BrF6N4/c20-12-2-1-3-13-15(12)30-17(29-13,19(24,25)26)11-6-4-10(5-7-11)16-27-9-8-14(28-16)18(21,22)23/h1-9,29-30H. The quantitative estimate of drug-likeness (QED) is 0.423. The summed E-state index contributed by atoms with van der Waals surface area (Å²) in [6, 6.07) is 10.3. The summed E-state index contributed by atoms with van der Waals surface area (Å²) < 4.78 is 81.4. The molecule has 0 fully saturated rings. The zero-order valence-electron chi connectivity index (χ0n) is 14.7. The fourth-order valence-corrected chi connectivity index (χ4v) is 3.62. The molecule has 0 bridgehead atoms. The van der Waals surface area contributed by atoms with Gasteiger partial charge < -0.3 is 10.6 Å². The molecule has 1 aliphatic heterocycles. The van der Waals surface area contributed by atoms with E-state index in [9.17, 15) is 26.3 Å². The number of anilines is 2. The van der Waals surface area contributed by atoms with Crippen LogP contribution in [-0.2, 0) is 11.8 Å². The Morgan fingerprint density at radius 1 is 0.867 bits per heavy atom. The van der Waals surface area contributed by atoms with Gasteiger partial charge in [-0.2, -0.15) is 26.3 Å². The van der Waals surface area contributed by atoms with Crippen LogP contribution in [0.2, 0.25) is 0 Å². The average molecular weight is 489 g/mol. The summed E-state index contributed by atoms with van der Waals surface area (Å²) in [6.07, 6.45) is -8.45. The highest BCUT2D eigenvalue weighted by atomic mass is 79.9. The van der Waals surface area contributed by atoms with Crippen LogP contribution in [0.25, 0.3) is 11.4 Å². The molecule has 1 aliphatic rings. The van der Waals surface area contributed by atoms with E-state index in [1.54, 1.807) is 12.1 Å². The van der Waals surface area contributed by atoms with Gasteiger partial charge in [-0.15, -0.1) is 0 Å². The first-order chi connectivity index (χ1) is 14.0. The Morgan fingerprint density at radius 2 is 1.57 bits per heavy atom. The van der Waals surface area contributed by atoms with E-state index in [4.69, 9.17) is 0 Å². The highest BCUT2D eigenvalue weighted by Gasteiger charge is 2.59. The van der Waals surface area contributed by atoms with Crippen LogP contribution in [-0.4, -0.2) is 16.1 Å². The van der Waals surface area contributed by atoms with Crippen molar-refractivity contribution >= 4 is 27.3 Å². The fraction of sp³-hybridized carbons (Fsp3) is 0.158. The van der Waals surface area contributed by atoms with Gasteiger partial charge in [0, 0.05) is 21.8 Å². The van der Waals surface area contributed by atoms with E-state index >= 15 is 0 Å². The van der Waals surface area contributed by atoms with Crippen molar-refractivity contribution in [1.82, 2.24) is 9.97 Å². The molecule has 2 aromatic carbocycles. The predicted molar refractivity (Wildman–Crippen MR) is 102 cm³/mol. The van der Waals surface area contributed by atoms with E-state index in [2.05, 4.69) is 36.5 Å². The zero-order chi connectivity index (χ0) is 21.7. The topological polar surface area (TPSA) is 49.8 Å². The Morgan fingerprint density at radius 3 is 2.17 bits per heavy atom. The summed E-state index contributed by atoms with van der Waals surface area (Å²) in [4.78, 5) is 7.25. The van der Waals surface area contributed by atoms with Crippen molar-refractivity contribution in [2.75, 3.05) is 10.6 Å². The molecule has 2 heterocycles. The Kier molecular flexibility index (Phi) is 4.68. The van der Waals surface area contributed by atoms with Gasteiger partial charge in [0.1, 0.15) is 5.69 Å². The summed E-state index contributed by atoms with van der Waals surface area (Å²) in [7, 11) is 0. The average Bonchev–Trinajstić information content (AvgIpc) is 3.10. The lowest BCUT2D eigenvalue weighted by Crippen LogP contribution is -2.52. The first kappa shape index (κ1) is 20.5. The molecular weight excluding hydrogens is 478 g/mol. The minimum atomic E-state index is -4.74. The highest BCUT2D eigenvalue weighted by Crippen LogP contribution is 2.50. The van der Waals surface area contributed by atoms with Crippen LogP contribution in [0, 0.1) is 0 Å². The molecule has 0 aliphatic carbocycles. The van der Waals surface area contributed by atoms with Crippen LogP contribution in [0.3, 0.4) is 0 Å². The lowest BCUT2D eigenvalue weighted by molar-refractivity contribution is -0.172. The smallest absolute Gasteiger partial charge is 0.350 e. The molecule has 1 unspecified atom stereocenters. The maximum absolute atomic E-state index is 14.1. The van der Waals surface area contributed by atoms with Crippen molar-refractivity contribution in [3.8, 4) is 11.4 Å². The monoisotopic (exact) mass is 488 g/mol. The molecule has 0 amide bonds. The van der Waals surface area contributed by atoms with Crippen LogP contribution in [0.4, 0.5) is 37.7 Å². The normalized spacial score (nSPS) is 18.5. The van der Waals surface area contributed by atoms with Crippen LogP contribution in [0.15, 0.2) is 59.2 Å². The Bertz CT molecular complexity index is 1100. The zero-order valence-corrected chi connectivity index (χ0v) is 16.3. The fourth-order valence-electron chi connectivity index (χ4n) is 3.15. The first-order valence-corrected chi connectivity index (χ1v) is 9.23. The number of benzene rings is 2. The van der Waals surface area contributed by atoms with Crippen LogP contribution < -0.4 is 10.6 Å². The first-order valence-electron chi connectivity index (χ1n) is 8.44. The number of para-hydroxylation sites is 1. The Hall–Kier alpha value is -2.82. The van der Waals surface area contributed by atoms with Crippen LogP contribution in [0.5, 0.6) is 0 Å². The summed E-state index contributed by atoms with van der Waals surface area (Å²) in [5.41, 5.74) is -3.26. The Labute approximate surface area is 174 Å². The minimum absolute atomic E-state index is 0.152. The Balaban J connectivity index is 1.73. The lowest BCUT2D eigenvalue weighted by atomic mass is 9.97. The number of hydrogen-bond donors (Lipinski definition) is 2. The van der Waals surface area contributed by atoms with Crippen molar-refractivity contribution < 1.29 is 26.3 Å². The molecule has 0 saturated carbocycles. The number of aromatic nitrogens is 2.